The quantitative estimate of drug-likeness (QED) is 0.265. The van der Waals surface area contributed by atoms with Gasteiger partial charge in [-0.2, -0.15) is 8.78 Å². The maximum Gasteiger partial charge on any atom is 0.429 e. The lowest BCUT2D eigenvalue weighted by Crippen LogP contribution is -2.25. The molecule has 200 valence electrons. The summed E-state index contributed by atoms with van der Waals surface area (Å²) in [6.07, 6.45) is -0.603. The molecular weight excluding hydrogens is 511 g/mol. The summed E-state index contributed by atoms with van der Waals surface area (Å²) in [7, 11) is 0. The first-order valence-corrected chi connectivity index (χ1v) is 11.9. The summed E-state index contributed by atoms with van der Waals surface area (Å²) < 4.78 is 131. The Morgan fingerprint density at radius 1 is 0.838 bits per heavy atom. The fraction of sp³-hybridized carbons (Fsp3) is 0.407. The molecule has 0 radical (unpaired) electrons. The Balaban J connectivity index is 1.53. The van der Waals surface area contributed by atoms with Crippen LogP contribution in [-0.4, -0.2) is 0 Å². The van der Waals surface area contributed by atoms with Crippen LogP contribution in [0.25, 0.3) is 5.57 Å². The number of alkyl halides is 2. The van der Waals surface area contributed by atoms with Gasteiger partial charge in [-0.15, -0.1) is 0 Å². The molecule has 0 fully saturated rings. The summed E-state index contributed by atoms with van der Waals surface area (Å²) in [5.74, 6) is -12.9. The molecule has 2 aromatic rings. The predicted octanol–water partition coefficient (Wildman–Crippen LogP) is 9.28. The van der Waals surface area contributed by atoms with Gasteiger partial charge in [0.2, 0.25) is 0 Å². The van der Waals surface area contributed by atoms with Crippen LogP contribution in [0.4, 0.5) is 39.5 Å². The molecule has 2 aliphatic rings. The third-order valence-corrected chi connectivity index (χ3v) is 7.20. The van der Waals surface area contributed by atoms with Crippen molar-refractivity contribution >= 4 is 5.57 Å². The van der Waals surface area contributed by atoms with E-state index < -0.39 is 70.0 Å². The average molecular weight is 534 g/mol. The predicted molar refractivity (Wildman–Crippen MR) is 118 cm³/mol. The monoisotopic (exact) mass is 534 g/mol. The molecule has 0 heterocycles. The van der Waals surface area contributed by atoms with Crippen molar-refractivity contribution in [1.82, 2.24) is 0 Å². The molecule has 1 nitrogen and oxygen atoms in total. The molecule has 0 N–H and O–H groups in total. The molecule has 10 heteroatoms. The molecule has 0 aliphatic heterocycles. The average Bonchev–Trinajstić information content (AvgIpc) is 2.85. The fourth-order valence-electron chi connectivity index (χ4n) is 5.11. The van der Waals surface area contributed by atoms with Crippen molar-refractivity contribution in [2.75, 3.05) is 0 Å². The normalized spacial score (nSPS) is 22.8. The molecule has 3 unspecified atom stereocenters. The molecule has 0 spiro atoms. The summed E-state index contributed by atoms with van der Waals surface area (Å²) in [6, 6.07) is 1.81. The maximum atomic E-state index is 14.9. The fourth-order valence-corrected chi connectivity index (χ4v) is 5.11. The molecule has 0 saturated heterocycles. The van der Waals surface area contributed by atoms with Gasteiger partial charge in [0.25, 0.3) is 0 Å². The number of ether oxygens (including phenoxy) is 1. The SMILES string of the molecule is CCC1CCC(C2CC=C(c3ccc(C(F)(F)Oc4cc(F)c(F)c(F)c4)c(F)c3F)CC2)C(F)=C1F. The van der Waals surface area contributed by atoms with Gasteiger partial charge in [0.05, 0.1) is 0 Å². The van der Waals surface area contributed by atoms with Crippen LogP contribution in [0.15, 0.2) is 42.0 Å². The van der Waals surface area contributed by atoms with Crippen molar-refractivity contribution in [1.29, 1.82) is 0 Å². The van der Waals surface area contributed by atoms with Gasteiger partial charge in [-0.3, -0.25) is 0 Å². The van der Waals surface area contributed by atoms with Gasteiger partial charge in [0, 0.05) is 29.5 Å². The Bertz CT molecular complexity index is 1230. The number of hydrogen-bond donors (Lipinski definition) is 0. The standard InChI is InChI=1S/C27H23F9O/c1-2-13-7-8-17(23(31)22(13)30)14-3-5-15(6-4-14)18-9-10-19(25(33)24(18)32)27(35,36)37-16-11-20(28)26(34)21(29)12-16/h5,9-14,17H,2-4,6-8H2,1H3. The third kappa shape index (κ3) is 5.25. The largest absolute Gasteiger partial charge is 0.429 e. The van der Waals surface area contributed by atoms with E-state index in [1.54, 1.807) is 13.0 Å². The van der Waals surface area contributed by atoms with Gasteiger partial charge in [-0.1, -0.05) is 19.1 Å². The van der Waals surface area contributed by atoms with E-state index in [4.69, 9.17) is 0 Å². The van der Waals surface area contributed by atoms with Crippen LogP contribution in [0.3, 0.4) is 0 Å². The first-order chi connectivity index (χ1) is 17.4. The summed E-state index contributed by atoms with van der Waals surface area (Å²) in [4.78, 5) is 0. The van der Waals surface area contributed by atoms with E-state index in [9.17, 15) is 39.5 Å². The van der Waals surface area contributed by atoms with Crippen molar-refractivity contribution in [3.63, 3.8) is 0 Å². The lowest BCUT2D eigenvalue weighted by molar-refractivity contribution is -0.188. The van der Waals surface area contributed by atoms with E-state index in [-0.39, 0.29) is 36.5 Å². The zero-order valence-electron chi connectivity index (χ0n) is 19.7. The number of benzene rings is 2. The molecule has 37 heavy (non-hydrogen) atoms. The number of hydrogen-bond acceptors (Lipinski definition) is 1. The molecule has 0 aromatic heterocycles. The second kappa shape index (κ2) is 10.5. The van der Waals surface area contributed by atoms with E-state index in [1.807, 2.05) is 0 Å². The van der Waals surface area contributed by atoms with E-state index in [0.29, 0.717) is 37.3 Å². The van der Waals surface area contributed by atoms with Gasteiger partial charge in [-0.05, 0) is 56.1 Å². The number of halogens is 9. The van der Waals surface area contributed by atoms with Crippen LogP contribution in [0.1, 0.15) is 56.6 Å². The van der Waals surface area contributed by atoms with Gasteiger partial charge >= 0.3 is 6.11 Å². The highest BCUT2D eigenvalue weighted by molar-refractivity contribution is 5.67. The van der Waals surface area contributed by atoms with Gasteiger partial charge in [0.1, 0.15) is 23.0 Å². The molecule has 2 aromatic carbocycles. The minimum absolute atomic E-state index is 0.150. The lowest BCUT2D eigenvalue weighted by Gasteiger charge is -2.33. The van der Waals surface area contributed by atoms with Crippen LogP contribution in [0.5, 0.6) is 5.75 Å². The van der Waals surface area contributed by atoms with Crippen LogP contribution >= 0.6 is 0 Å². The first-order valence-electron chi connectivity index (χ1n) is 11.9. The second-order valence-electron chi connectivity index (χ2n) is 9.36. The molecule has 4 rings (SSSR count). The Morgan fingerprint density at radius 3 is 2.11 bits per heavy atom. The molecule has 0 saturated carbocycles. The lowest BCUT2D eigenvalue weighted by atomic mass is 9.73. The highest BCUT2D eigenvalue weighted by atomic mass is 19.3. The minimum Gasteiger partial charge on any atom is -0.429 e. The van der Waals surface area contributed by atoms with Crippen LogP contribution in [0.2, 0.25) is 0 Å². The van der Waals surface area contributed by atoms with E-state index >= 15 is 0 Å². The molecule has 0 amide bonds. The zero-order chi connectivity index (χ0) is 27.1. The summed E-state index contributed by atoms with van der Waals surface area (Å²) >= 11 is 0. The first kappa shape index (κ1) is 27.1. The van der Waals surface area contributed by atoms with Crippen LogP contribution in [0, 0.1) is 46.8 Å². The highest BCUT2D eigenvalue weighted by Crippen LogP contribution is 2.46. The maximum absolute atomic E-state index is 14.9. The van der Waals surface area contributed by atoms with Crippen molar-refractivity contribution < 1.29 is 44.3 Å². The Labute approximate surface area is 207 Å². The third-order valence-electron chi connectivity index (χ3n) is 7.20. The Kier molecular flexibility index (Phi) is 7.67. The molecule has 0 bridgehead atoms. The smallest absolute Gasteiger partial charge is 0.429 e. The molecule has 2 aliphatic carbocycles. The van der Waals surface area contributed by atoms with E-state index in [0.717, 1.165) is 6.07 Å². The van der Waals surface area contributed by atoms with E-state index in [2.05, 4.69) is 4.74 Å². The highest BCUT2D eigenvalue weighted by Gasteiger charge is 2.40. The second-order valence-corrected chi connectivity index (χ2v) is 9.36. The van der Waals surface area contributed by atoms with Gasteiger partial charge < -0.3 is 4.74 Å². The van der Waals surface area contributed by atoms with Gasteiger partial charge in [0.15, 0.2) is 29.1 Å². The zero-order valence-corrected chi connectivity index (χ0v) is 19.7. The Hall–Kier alpha value is -2.91. The topological polar surface area (TPSA) is 9.23 Å². The number of rotatable bonds is 6. The van der Waals surface area contributed by atoms with Crippen LogP contribution in [-0.2, 0) is 6.11 Å². The summed E-state index contributed by atoms with van der Waals surface area (Å²) in [6.45, 7) is 1.79. The van der Waals surface area contributed by atoms with Crippen LogP contribution < -0.4 is 4.74 Å². The minimum atomic E-state index is -4.54. The Morgan fingerprint density at radius 2 is 1.51 bits per heavy atom. The van der Waals surface area contributed by atoms with Crippen molar-refractivity contribution in [3.8, 4) is 5.75 Å². The van der Waals surface area contributed by atoms with E-state index in [1.165, 1.54) is 0 Å². The van der Waals surface area contributed by atoms with Gasteiger partial charge in [-0.25, -0.2) is 30.7 Å². The number of allylic oxidation sites excluding steroid dienone is 4. The molecular formula is C27H23F9O. The van der Waals surface area contributed by atoms with Crippen molar-refractivity contribution in [2.45, 2.75) is 51.6 Å². The summed E-state index contributed by atoms with van der Waals surface area (Å²) in [5, 5.41) is 0. The molecule has 3 atom stereocenters. The van der Waals surface area contributed by atoms with Crippen molar-refractivity contribution in [3.05, 3.63) is 82.2 Å². The summed E-state index contributed by atoms with van der Waals surface area (Å²) in [5.41, 5.74) is -1.46. The van der Waals surface area contributed by atoms with Crippen molar-refractivity contribution in [2.24, 2.45) is 17.8 Å².